The number of aromatic nitrogens is 1. The zero-order chi connectivity index (χ0) is 18.4. The number of nitro groups is 1. The Bertz CT molecular complexity index is 768. The van der Waals surface area contributed by atoms with Crippen LogP contribution in [0, 0.1) is 17.0 Å². The van der Waals surface area contributed by atoms with E-state index in [0.29, 0.717) is 5.56 Å². The largest absolute Gasteiger partial charge is 0.463 e. The minimum atomic E-state index is -0.575. The first kappa shape index (κ1) is 18.4. The Labute approximate surface area is 146 Å². The number of amides is 1. The number of aryl methyl sites for hydroxylation is 3. The number of pyridine rings is 1. The second-order valence-electron chi connectivity index (χ2n) is 5.59. The minimum absolute atomic E-state index is 0.162. The van der Waals surface area contributed by atoms with Gasteiger partial charge in [-0.2, -0.15) is 0 Å². The summed E-state index contributed by atoms with van der Waals surface area (Å²) in [4.78, 5) is 26.6. The van der Waals surface area contributed by atoms with Crippen molar-refractivity contribution in [3.05, 3.63) is 57.3 Å². The molecular formula is C18H21N3O4. The van der Waals surface area contributed by atoms with Crippen molar-refractivity contribution in [2.45, 2.75) is 33.6 Å². The van der Waals surface area contributed by atoms with Gasteiger partial charge in [0, 0.05) is 18.0 Å². The lowest BCUT2D eigenvalue weighted by Crippen LogP contribution is -2.22. The molecule has 1 N–H and O–H groups in total. The summed E-state index contributed by atoms with van der Waals surface area (Å²) in [7, 11) is 0. The maximum absolute atomic E-state index is 12.2. The third kappa shape index (κ3) is 4.53. The summed E-state index contributed by atoms with van der Waals surface area (Å²) in [5.74, 6) is -0.544. The number of nitrogens with zero attached hydrogens (tertiary/aromatic N) is 2. The molecule has 0 aliphatic carbocycles. The zero-order valence-corrected chi connectivity index (χ0v) is 14.5. The Kier molecular flexibility index (Phi) is 6.05. The molecular weight excluding hydrogens is 322 g/mol. The molecule has 2 aromatic rings. The lowest BCUT2D eigenvalue weighted by molar-refractivity contribution is -0.386. The van der Waals surface area contributed by atoms with Gasteiger partial charge in [-0.05, 0) is 36.5 Å². The van der Waals surface area contributed by atoms with Crippen molar-refractivity contribution >= 4 is 17.3 Å². The monoisotopic (exact) mass is 343 g/mol. The highest BCUT2D eigenvalue weighted by molar-refractivity contribution is 5.93. The Morgan fingerprint density at radius 3 is 2.48 bits per heavy atom. The molecule has 2 rings (SSSR count). The zero-order valence-electron chi connectivity index (χ0n) is 14.5. The van der Waals surface area contributed by atoms with E-state index in [0.717, 1.165) is 29.7 Å². The van der Waals surface area contributed by atoms with E-state index >= 15 is 0 Å². The first-order valence-corrected chi connectivity index (χ1v) is 8.10. The number of hydrogen-bond donors (Lipinski definition) is 1. The molecule has 1 heterocycles. The van der Waals surface area contributed by atoms with E-state index in [1.165, 1.54) is 12.3 Å². The van der Waals surface area contributed by atoms with Crippen LogP contribution in [0.4, 0.5) is 11.4 Å². The predicted molar refractivity (Wildman–Crippen MR) is 95.0 cm³/mol. The fourth-order valence-electron chi connectivity index (χ4n) is 2.50. The van der Waals surface area contributed by atoms with Crippen molar-refractivity contribution in [2.24, 2.45) is 0 Å². The van der Waals surface area contributed by atoms with Gasteiger partial charge in [-0.3, -0.25) is 14.9 Å². The van der Waals surface area contributed by atoms with Crippen LogP contribution < -0.4 is 10.1 Å². The summed E-state index contributed by atoms with van der Waals surface area (Å²) in [6.45, 7) is 5.38. The summed E-state index contributed by atoms with van der Waals surface area (Å²) in [6.07, 6.45) is 3.03. The summed E-state index contributed by atoms with van der Waals surface area (Å²) in [5, 5.41) is 13.9. The van der Waals surface area contributed by atoms with Crippen LogP contribution in [0.3, 0.4) is 0 Å². The number of carbonyl (C=O) groups is 1. The van der Waals surface area contributed by atoms with Crippen molar-refractivity contribution < 1.29 is 14.5 Å². The molecule has 0 unspecified atom stereocenters. The molecule has 0 aliphatic rings. The highest BCUT2D eigenvalue weighted by Crippen LogP contribution is 2.25. The van der Waals surface area contributed by atoms with E-state index in [1.807, 2.05) is 32.0 Å². The number of anilines is 1. The molecule has 7 heteroatoms. The van der Waals surface area contributed by atoms with Gasteiger partial charge in [-0.25, -0.2) is 4.98 Å². The van der Waals surface area contributed by atoms with Crippen LogP contribution in [0.5, 0.6) is 5.88 Å². The summed E-state index contributed by atoms with van der Waals surface area (Å²) < 4.78 is 5.27. The Balaban J connectivity index is 2.11. The second kappa shape index (κ2) is 8.23. The van der Waals surface area contributed by atoms with E-state index in [-0.39, 0.29) is 24.1 Å². The summed E-state index contributed by atoms with van der Waals surface area (Å²) in [5.41, 5.74) is 3.25. The molecule has 0 saturated carbocycles. The quantitative estimate of drug-likeness (QED) is 0.614. The highest BCUT2D eigenvalue weighted by atomic mass is 16.6. The number of carbonyl (C=O) groups excluding carboxylic acids is 1. The van der Waals surface area contributed by atoms with Gasteiger partial charge in [0.25, 0.3) is 11.8 Å². The van der Waals surface area contributed by atoms with Crippen LogP contribution in [0.25, 0.3) is 0 Å². The van der Waals surface area contributed by atoms with Gasteiger partial charge in [0.05, 0.1) is 4.92 Å². The van der Waals surface area contributed by atoms with Gasteiger partial charge < -0.3 is 10.1 Å². The number of ether oxygens (including phenoxy) is 1. The maximum atomic E-state index is 12.2. The highest BCUT2D eigenvalue weighted by Gasteiger charge is 2.18. The second-order valence-corrected chi connectivity index (χ2v) is 5.59. The van der Waals surface area contributed by atoms with Crippen LogP contribution in [0.2, 0.25) is 0 Å². The molecule has 1 aromatic heterocycles. The van der Waals surface area contributed by atoms with Crippen LogP contribution in [-0.2, 0) is 17.6 Å². The van der Waals surface area contributed by atoms with E-state index in [2.05, 4.69) is 10.3 Å². The van der Waals surface area contributed by atoms with E-state index in [1.54, 1.807) is 6.92 Å². The minimum Gasteiger partial charge on any atom is -0.463 e. The molecule has 0 atom stereocenters. The molecule has 132 valence electrons. The molecule has 0 saturated heterocycles. The number of benzene rings is 1. The van der Waals surface area contributed by atoms with Crippen molar-refractivity contribution in [3.8, 4) is 5.88 Å². The normalized spacial score (nSPS) is 10.4. The van der Waals surface area contributed by atoms with Gasteiger partial charge in [-0.15, -0.1) is 0 Å². The Morgan fingerprint density at radius 2 is 1.92 bits per heavy atom. The standard InChI is InChI=1S/C18H21N3O4/c1-4-13-7-6-8-14(5-2)17(13)20-16(22)11-25-18-15(21(23)24)9-12(3)10-19-18/h6-10H,4-5,11H2,1-3H3,(H,20,22). The predicted octanol–water partition coefficient (Wildman–Crippen LogP) is 3.44. The molecule has 0 bridgehead atoms. The molecule has 1 amide bonds. The van der Waals surface area contributed by atoms with Gasteiger partial charge in [0.2, 0.25) is 0 Å². The molecule has 25 heavy (non-hydrogen) atoms. The van der Waals surface area contributed by atoms with Gasteiger partial charge in [0.15, 0.2) is 6.61 Å². The fraction of sp³-hybridized carbons (Fsp3) is 0.333. The average molecular weight is 343 g/mol. The van der Waals surface area contributed by atoms with Crippen molar-refractivity contribution in [3.63, 3.8) is 0 Å². The first-order valence-electron chi connectivity index (χ1n) is 8.10. The van der Waals surface area contributed by atoms with Crippen LogP contribution in [0.1, 0.15) is 30.5 Å². The van der Waals surface area contributed by atoms with Gasteiger partial charge in [0.1, 0.15) is 0 Å². The fourth-order valence-corrected chi connectivity index (χ4v) is 2.50. The lowest BCUT2D eigenvalue weighted by atomic mass is 10.0. The molecule has 1 aromatic carbocycles. The smallest absolute Gasteiger partial charge is 0.331 e. The number of hydrogen-bond acceptors (Lipinski definition) is 5. The number of para-hydroxylation sites is 1. The average Bonchev–Trinajstić information content (AvgIpc) is 2.60. The molecule has 0 fully saturated rings. The third-order valence-electron chi connectivity index (χ3n) is 3.77. The van der Waals surface area contributed by atoms with Gasteiger partial charge >= 0.3 is 5.69 Å². The first-order chi connectivity index (χ1) is 12.0. The van der Waals surface area contributed by atoms with Crippen LogP contribution >= 0.6 is 0 Å². The topological polar surface area (TPSA) is 94.4 Å². The number of rotatable bonds is 7. The number of nitrogens with one attached hydrogen (secondary N) is 1. The van der Waals surface area contributed by atoms with E-state index in [4.69, 9.17) is 4.74 Å². The molecule has 7 nitrogen and oxygen atoms in total. The van der Waals surface area contributed by atoms with Crippen LogP contribution in [-0.4, -0.2) is 22.4 Å². The maximum Gasteiger partial charge on any atom is 0.331 e. The molecule has 0 aliphatic heterocycles. The van der Waals surface area contributed by atoms with Crippen LogP contribution in [0.15, 0.2) is 30.5 Å². The van der Waals surface area contributed by atoms with E-state index < -0.39 is 4.92 Å². The Morgan fingerprint density at radius 1 is 1.28 bits per heavy atom. The van der Waals surface area contributed by atoms with Crippen molar-refractivity contribution in [2.75, 3.05) is 11.9 Å². The molecule has 0 radical (unpaired) electrons. The third-order valence-corrected chi connectivity index (χ3v) is 3.77. The molecule has 0 spiro atoms. The Hall–Kier alpha value is -2.96. The van der Waals surface area contributed by atoms with Gasteiger partial charge in [-0.1, -0.05) is 32.0 Å². The summed E-state index contributed by atoms with van der Waals surface area (Å²) in [6, 6.07) is 7.25. The summed E-state index contributed by atoms with van der Waals surface area (Å²) >= 11 is 0. The van der Waals surface area contributed by atoms with Crippen molar-refractivity contribution in [1.82, 2.24) is 4.98 Å². The lowest BCUT2D eigenvalue weighted by Gasteiger charge is -2.14. The van der Waals surface area contributed by atoms with E-state index in [9.17, 15) is 14.9 Å². The SMILES string of the molecule is CCc1cccc(CC)c1NC(=O)COc1ncc(C)cc1[N+](=O)[O-]. The van der Waals surface area contributed by atoms with Crippen molar-refractivity contribution in [1.29, 1.82) is 0 Å².